The molecular weight excluding hydrogens is 612 g/mol. The maximum atomic E-state index is 13.6. The van der Waals surface area contributed by atoms with Crippen LogP contribution in [0.4, 0.5) is 17.3 Å². The zero-order valence-electron chi connectivity index (χ0n) is 30.9. The van der Waals surface area contributed by atoms with Crippen molar-refractivity contribution in [3.8, 4) is 11.3 Å². The summed E-state index contributed by atoms with van der Waals surface area (Å²) in [4.78, 5) is 42.3. The SMILES string of the molecule is CCC1CC(N2C(=O)C(C)(C)c3ccc(-c4cc5ncn(C(C)C)c5c(Nc5cc(C(=O)OC)c(C)cn5)n4)cc32)C1.CCCCCCC. The van der Waals surface area contributed by atoms with Crippen LogP contribution in [0.5, 0.6) is 0 Å². The Morgan fingerprint density at radius 3 is 2.39 bits per heavy atom. The number of aromatic nitrogens is 4. The Morgan fingerprint density at radius 2 is 1.76 bits per heavy atom. The number of benzene rings is 1. The molecule has 0 radical (unpaired) electrons. The molecule has 1 N–H and O–H groups in total. The van der Waals surface area contributed by atoms with Gasteiger partial charge in [0.05, 0.1) is 35.6 Å². The van der Waals surface area contributed by atoms with Crippen molar-refractivity contribution in [2.45, 2.75) is 124 Å². The molecule has 1 aromatic carbocycles. The number of hydrogen-bond donors (Lipinski definition) is 1. The fraction of sp³-hybridized carbons (Fsp3) is 0.525. The van der Waals surface area contributed by atoms with Crippen LogP contribution in [0.15, 0.2) is 42.9 Å². The summed E-state index contributed by atoms with van der Waals surface area (Å²) in [7, 11) is 1.37. The third-order valence-electron chi connectivity index (χ3n) is 10.2. The Labute approximate surface area is 291 Å². The Bertz CT molecular complexity index is 1800. The highest BCUT2D eigenvalue weighted by Gasteiger charge is 2.49. The van der Waals surface area contributed by atoms with Crippen molar-refractivity contribution in [2.75, 3.05) is 17.3 Å². The Hall–Kier alpha value is -4.27. The summed E-state index contributed by atoms with van der Waals surface area (Å²) in [5.41, 5.74) is 5.90. The molecule has 1 amide bonds. The monoisotopic (exact) mass is 666 g/mol. The number of unbranched alkanes of at least 4 members (excludes halogenated alkanes) is 4. The van der Waals surface area contributed by atoms with E-state index in [1.54, 1.807) is 12.3 Å². The molecule has 0 atom stereocenters. The quantitative estimate of drug-likeness (QED) is 0.126. The maximum absolute atomic E-state index is 13.6. The van der Waals surface area contributed by atoms with Crippen molar-refractivity contribution in [1.82, 2.24) is 19.5 Å². The summed E-state index contributed by atoms with van der Waals surface area (Å²) >= 11 is 0. The number of methoxy groups -OCH3 is 1. The van der Waals surface area contributed by atoms with E-state index in [9.17, 15) is 9.59 Å². The summed E-state index contributed by atoms with van der Waals surface area (Å²) in [6, 6.07) is 10.3. The molecule has 1 fully saturated rings. The van der Waals surface area contributed by atoms with Gasteiger partial charge >= 0.3 is 5.97 Å². The molecule has 4 heterocycles. The van der Waals surface area contributed by atoms with E-state index >= 15 is 0 Å². The lowest BCUT2D eigenvalue weighted by Crippen LogP contribution is -2.49. The van der Waals surface area contributed by atoms with Crippen molar-refractivity contribution < 1.29 is 14.3 Å². The highest BCUT2D eigenvalue weighted by Crippen LogP contribution is 2.48. The first-order valence-electron chi connectivity index (χ1n) is 18.1. The number of aryl methyl sites for hydroxylation is 1. The fourth-order valence-corrected chi connectivity index (χ4v) is 6.96. The van der Waals surface area contributed by atoms with Crippen LogP contribution in [-0.4, -0.2) is 44.5 Å². The van der Waals surface area contributed by atoms with Gasteiger partial charge in [-0.25, -0.2) is 19.7 Å². The molecule has 2 aliphatic rings. The topological polar surface area (TPSA) is 102 Å². The summed E-state index contributed by atoms with van der Waals surface area (Å²) in [6.45, 7) is 16.8. The van der Waals surface area contributed by atoms with E-state index in [2.05, 4.69) is 61.6 Å². The number of nitrogens with zero attached hydrogens (tertiary/aromatic N) is 5. The van der Waals surface area contributed by atoms with E-state index in [0.717, 1.165) is 58.4 Å². The molecule has 49 heavy (non-hydrogen) atoms. The van der Waals surface area contributed by atoms with Crippen LogP contribution in [0.3, 0.4) is 0 Å². The molecule has 9 nitrogen and oxygen atoms in total. The van der Waals surface area contributed by atoms with E-state index in [1.165, 1.54) is 39.2 Å². The largest absolute Gasteiger partial charge is 0.465 e. The van der Waals surface area contributed by atoms with Gasteiger partial charge in [-0.2, -0.15) is 0 Å². The zero-order valence-corrected chi connectivity index (χ0v) is 30.9. The van der Waals surface area contributed by atoms with Gasteiger partial charge in [-0.05, 0) is 82.7 Å². The van der Waals surface area contributed by atoms with Crippen LogP contribution in [0.25, 0.3) is 22.3 Å². The Balaban J connectivity index is 0.000000606. The first-order chi connectivity index (χ1) is 23.4. The summed E-state index contributed by atoms with van der Waals surface area (Å²) in [5, 5.41) is 3.36. The van der Waals surface area contributed by atoms with E-state index in [0.29, 0.717) is 23.1 Å². The molecule has 0 bridgehead atoms. The van der Waals surface area contributed by atoms with Crippen molar-refractivity contribution in [2.24, 2.45) is 5.92 Å². The molecule has 1 saturated carbocycles. The molecule has 4 aromatic rings. The molecule has 0 unspecified atom stereocenters. The number of rotatable bonds is 11. The normalized spacial score (nSPS) is 17.8. The summed E-state index contributed by atoms with van der Waals surface area (Å²) in [6.07, 6.45) is 13.7. The minimum absolute atomic E-state index is 0.149. The van der Waals surface area contributed by atoms with Crippen molar-refractivity contribution >= 4 is 40.2 Å². The third kappa shape index (κ3) is 7.22. The lowest BCUT2D eigenvalue weighted by Gasteiger charge is -2.41. The fourth-order valence-electron chi connectivity index (χ4n) is 6.96. The van der Waals surface area contributed by atoms with Crippen LogP contribution in [-0.2, 0) is 14.9 Å². The standard InChI is InChI=1S/C33H38N6O3.C7H16/c1-8-20-11-22(12-20)39-27-13-21(9-10-24(27)33(5,6)32(39)41)25-15-26-29(38(17-35-26)18(2)3)30(36-25)37-28-14-23(31(40)42-7)19(4)16-34-28;1-3-5-7-6-4-2/h9-10,13-18,20,22H,8,11-12H2,1-7H3,(H,34,36,37);3-7H2,1-2H3. The van der Waals surface area contributed by atoms with Crippen LogP contribution in [0, 0.1) is 12.8 Å². The number of imidazole rings is 1. The van der Waals surface area contributed by atoms with Gasteiger partial charge in [0.1, 0.15) is 11.3 Å². The molecule has 0 spiro atoms. The molecular formula is C40H54N6O3. The number of ether oxygens (including phenoxy) is 1. The van der Waals surface area contributed by atoms with Crippen LogP contribution in [0.1, 0.15) is 127 Å². The van der Waals surface area contributed by atoms with E-state index < -0.39 is 11.4 Å². The number of amides is 1. The van der Waals surface area contributed by atoms with Crippen LogP contribution >= 0.6 is 0 Å². The van der Waals surface area contributed by atoms with Gasteiger partial charge in [0.2, 0.25) is 5.91 Å². The highest BCUT2D eigenvalue weighted by atomic mass is 16.5. The van der Waals surface area contributed by atoms with Gasteiger partial charge < -0.3 is 19.5 Å². The van der Waals surface area contributed by atoms with Crippen molar-refractivity contribution in [1.29, 1.82) is 0 Å². The minimum atomic E-state index is -0.570. The lowest BCUT2D eigenvalue weighted by atomic mass is 9.77. The summed E-state index contributed by atoms with van der Waals surface area (Å²) < 4.78 is 7.03. The van der Waals surface area contributed by atoms with Gasteiger partial charge in [0.25, 0.3) is 0 Å². The number of hydrogen-bond acceptors (Lipinski definition) is 7. The second-order valence-corrected chi connectivity index (χ2v) is 14.5. The zero-order chi connectivity index (χ0) is 35.5. The van der Waals surface area contributed by atoms with Gasteiger partial charge in [0, 0.05) is 29.5 Å². The number of esters is 1. The molecule has 6 rings (SSSR count). The molecule has 1 aliphatic carbocycles. The number of carbonyl (C=O) groups is 2. The van der Waals surface area contributed by atoms with Crippen molar-refractivity contribution in [3.05, 3.63) is 59.5 Å². The Kier molecular flexibility index (Phi) is 11.1. The second kappa shape index (κ2) is 15.1. The molecule has 3 aromatic heterocycles. The number of pyridine rings is 2. The second-order valence-electron chi connectivity index (χ2n) is 14.5. The Morgan fingerprint density at radius 1 is 1.04 bits per heavy atom. The average molecular weight is 667 g/mol. The molecule has 262 valence electrons. The third-order valence-corrected chi connectivity index (χ3v) is 10.2. The number of nitrogens with one attached hydrogen (secondary N) is 1. The smallest absolute Gasteiger partial charge is 0.338 e. The van der Waals surface area contributed by atoms with Crippen LogP contribution in [0.2, 0.25) is 0 Å². The van der Waals surface area contributed by atoms with Crippen molar-refractivity contribution in [3.63, 3.8) is 0 Å². The van der Waals surface area contributed by atoms with Crippen LogP contribution < -0.4 is 10.2 Å². The van der Waals surface area contributed by atoms with E-state index in [-0.39, 0.29) is 18.0 Å². The maximum Gasteiger partial charge on any atom is 0.338 e. The number of fused-ring (bicyclic) bond motifs is 2. The first-order valence-corrected chi connectivity index (χ1v) is 18.1. The molecule has 1 aliphatic heterocycles. The number of carbonyl (C=O) groups excluding carboxylic acids is 2. The van der Waals surface area contributed by atoms with Gasteiger partial charge in [0.15, 0.2) is 5.82 Å². The van der Waals surface area contributed by atoms with Gasteiger partial charge in [-0.15, -0.1) is 0 Å². The first kappa shape index (κ1) is 36.0. The molecule has 9 heteroatoms. The highest BCUT2D eigenvalue weighted by molar-refractivity contribution is 6.08. The van der Waals surface area contributed by atoms with Gasteiger partial charge in [-0.3, -0.25) is 4.79 Å². The average Bonchev–Trinajstić information content (AvgIpc) is 3.59. The minimum Gasteiger partial charge on any atom is -0.465 e. The lowest BCUT2D eigenvalue weighted by molar-refractivity contribution is -0.123. The summed E-state index contributed by atoms with van der Waals surface area (Å²) in [5.74, 6) is 1.49. The molecule has 0 saturated heterocycles. The number of anilines is 3. The predicted molar refractivity (Wildman–Crippen MR) is 199 cm³/mol. The van der Waals surface area contributed by atoms with E-state index in [1.807, 2.05) is 44.1 Å². The van der Waals surface area contributed by atoms with E-state index in [4.69, 9.17) is 14.7 Å². The van der Waals surface area contributed by atoms with Gasteiger partial charge in [-0.1, -0.05) is 71.4 Å². The predicted octanol–water partition coefficient (Wildman–Crippen LogP) is 9.70.